The molecule has 2 N–H and O–H groups in total. The molecule has 0 saturated carbocycles. The molecular weight excluding hydrogens is 440 g/mol. The van der Waals surface area contributed by atoms with E-state index in [4.69, 9.17) is 14.3 Å². The van der Waals surface area contributed by atoms with Gasteiger partial charge in [-0.3, -0.25) is 0 Å². The van der Waals surface area contributed by atoms with Gasteiger partial charge in [0.15, 0.2) is 0 Å². The summed E-state index contributed by atoms with van der Waals surface area (Å²) in [6, 6.07) is 4.57. The number of carbonyl (C=O) groups excluding carboxylic acids is 2. The number of nitrogens with zero attached hydrogens (tertiary/aromatic N) is 2. The molecule has 12 heteroatoms. The Morgan fingerprint density at radius 1 is 1.19 bits per heavy atom. The van der Waals surface area contributed by atoms with E-state index < -0.39 is 22.0 Å². The predicted molar refractivity (Wildman–Crippen MR) is 113 cm³/mol. The number of amides is 2. The Hall–Kier alpha value is -2.85. The van der Waals surface area contributed by atoms with Crippen LogP contribution in [0.1, 0.15) is 6.92 Å². The summed E-state index contributed by atoms with van der Waals surface area (Å²) in [5, 5.41) is 2.94. The molecule has 0 radical (unpaired) electrons. The second kappa shape index (κ2) is 11.1. The van der Waals surface area contributed by atoms with Crippen molar-refractivity contribution in [3.8, 4) is 17.6 Å². The molecule has 0 bridgehead atoms. The highest BCUT2D eigenvalue weighted by molar-refractivity contribution is 7.89. The van der Waals surface area contributed by atoms with E-state index in [0.29, 0.717) is 45.1 Å². The van der Waals surface area contributed by atoms with Crippen molar-refractivity contribution < 1.29 is 32.3 Å². The molecule has 1 aromatic rings. The van der Waals surface area contributed by atoms with Gasteiger partial charge in [0.2, 0.25) is 0 Å². The highest BCUT2D eigenvalue weighted by Gasteiger charge is 2.32. The van der Waals surface area contributed by atoms with E-state index in [1.807, 2.05) is 4.89 Å². The van der Waals surface area contributed by atoms with E-state index in [1.165, 1.54) is 24.3 Å². The molecule has 1 unspecified atom stereocenters. The lowest BCUT2D eigenvalue weighted by Gasteiger charge is -2.37. The highest BCUT2D eigenvalue weighted by Crippen LogP contribution is 2.16. The minimum absolute atomic E-state index is 0.0729. The number of sulfonamides is 1. The quantitative estimate of drug-likeness (QED) is 0.427. The van der Waals surface area contributed by atoms with Gasteiger partial charge in [0.05, 0.1) is 18.1 Å². The maximum absolute atomic E-state index is 12.6. The fraction of sp³-hybridized carbons (Fsp3) is 0.500. The van der Waals surface area contributed by atoms with Gasteiger partial charge in [0, 0.05) is 32.7 Å². The third kappa shape index (κ3) is 6.33. The second-order valence-electron chi connectivity index (χ2n) is 7.03. The van der Waals surface area contributed by atoms with Crippen molar-refractivity contribution >= 4 is 22.0 Å². The van der Waals surface area contributed by atoms with Crippen molar-refractivity contribution in [2.75, 3.05) is 52.5 Å². The number of ether oxygens (including phenoxy) is 2. The first-order valence-corrected chi connectivity index (χ1v) is 11.6. The van der Waals surface area contributed by atoms with Crippen molar-refractivity contribution in [3.05, 3.63) is 24.3 Å². The van der Waals surface area contributed by atoms with Crippen molar-refractivity contribution in [3.63, 3.8) is 0 Å². The molecule has 32 heavy (non-hydrogen) atoms. The van der Waals surface area contributed by atoms with Gasteiger partial charge in [-0.1, -0.05) is 5.92 Å². The number of piperazine rings is 1. The zero-order valence-corrected chi connectivity index (χ0v) is 18.5. The Morgan fingerprint density at radius 2 is 1.91 bits per heavy atom. The fourth-order valence-electron chi connectivity index (χ4n) is 3.16. The van der Waals surface area contributed by atoms with Gasteiger partial charge in [-0.25, -0.2) is 18.0 Å². The van der Waals surface area contributed by atoms with E-state index >= 15 is 0 Å². The van der Waals surface area contributed by atoms with Gasteiger partial charge < -0.3 is 29.4 Å². The predicted octanol–water partition coefficient (Wildman–Crippen LogP) is -0.449. The second-order valence-corrected chi connectivity index (χ2v) is 8.67. The number of nitrogens with one attached hydrogen (secondary N) is 2. The Morgan fingerprint density at radius 3 is 2.59 bits per heavy atom. The monoisotopic (exact) mass is 466 g/mol. The maximum atomic E-state index is 12.6. The maximum Gasteiger partial charge on any atom is 0.344 e. The Bertz CT molecular complexity index is 966. The number of urea groups is 1. The minimum atomic E-state index is -4.09. The molecule has 2 aliphatic rings. The summed E-state index contributed by atoms with van der Waals surface area (Å²) in [5.74, 6) is 5.06. The van der Waals surface area contributed by atoms with Crippen molar-refractivity contribution in [1.82, 2.24) is 20.0 Å². The van der Waals surface area contributed by atoms with Crippen LogP contribution >= 0.6 is 0 Å². The molecule has 2 amide bonds. The van der Waals surface area contributed by atoms with E-state index in [0.717, 1.165) is 0 Å². The Balaban J connectivity index is 1.52. The van der Waals surface area contributed by atoms with Gasteiger partial charge in [0.1, 0.15) is 18.4 Å². The Kier molecular flexibility index (Phi) is 8.29. The van der Waals surface area contributed by atoms with Crippen LogP contribution in [0.5, 0.6) is 5.75 Å². The SMILES string of the molecule is CC#CCOc1ccc(S(=O)(=O)NOC(=O)C2CN(C(=O)N3CCOCC3)CCN2)cc1. The van der Waals surface area contributed by atoms with Crippen LogP contribution in [0, 0.1) is 11.8 Å². The van der Waals surface area contributed by atoms with Gasteiger partial charge >= 0.3 is 12.0 Å². The topological polar surface area (TPSA) is 127 Å². The third-order valence-electron chi connectivity index (χ3n) is 4.89. The molecule has 2 fully saturated rings. The molecule has 174 valence electrons. The molecule has 2 heterocycles. The normalized spacial score (nSPS) is 19.0. The lowest BCUT2D eigenvalue weighted by Crippen LogP contribution is -2.60. The van der Waals surface area contributed by atoms with Crippen LogP contribution in [-0.2, 0) is 24.4 Å². The van der Waals surface area contributed by atoms with E-state index in [9.17, 15) is 18.0 Å². The van der Waals surface area contributed by atoms with E-state index in [2.05, 4.69) is 17.2 Å². The first-order valence-electron chi connectivity index (χ1n) is 10.1. The fourth-order valence-corrected chi connectivity index (χ4v) is 3.94. The van der Waals surface area contributed by atoms with Crippen LogP contribution in [0.15, 0.2) is 29.2 Å². The first-order chi connectivity index (χ1) is 15.4. The summed E-state index contributed by atoms with van der Waals surface area (Å²) < 4.78 is 35.4. The molecule has 2 aliphatic heterocycles. The number of benzene rings is 1. The van der Waals surface area contributed by atoms with Crippen LogP contribution < -0.4 is 14.9 Å². The molecule has 2 saturated heterocycles. The van der Waals surface area contributed by atoms with Crippen LogP contribution in [0.4, 0.5) is 4.79 Å². The van der Waals surface area contributed by atoms with Gasteiger partial charge in [0.25, 0.3) is 10.0 Å². The van der Waals surface area contributed by atoms with Gasteiger partial charge in [-0.2, -0.15) is 0 Å². The Labute approximate surface area is 187 Å². The largest absolute Gasteiger partial charge is 0.481 e. The van der Waals surface area contributed by atoms with Crippen molar-refractivity contribution in [2.24, 2.45) is 0 Å². The lowest BCUT2D eigenvalue weighted by atomic mass is 10.2. The minimum Gasteiger partial charge on any atom is -0.481 e. The summed E-state index contributed by atoms with van der Waals surface area (Å²) in [6.07, 6.45) is 0. The molecule has 0 aliphatic carbocycles. The molecule has 0 spiro atoms. The first kappa shape index (κ1) is 23.8. The average Bonchev–Trinajstić information content (AvgIpc) is 2.83. The van der Waals surface area contributed by atoms with Crippen LogP contribution in [0.3, 0.4) is 0 Å². The molecular formula is C20H26N4O7S. The van der Waals surface area contributed by atoms with Crippen LogP contribution in [0.2, 0.25) is 0 Å². The highest BCUT2D eigenvalue weighted by atomic mass is 32.2. The molecule has 1 atom stereocenters. The third-order valence-corrected chi connectivity index (χ3v) is 6.08. The zero-order chi connectivity index (χ0) is 23.0. The summed E-state index contributed by atoms with van der Waals surface area (Å²) >= 11 is 0. The standard InChI is InChI=1S/C20H26N4O7S/c1-2-3-12-30-16-4-6-17(7-5-16)32(27,28)22-31-19(25)18-15-24(9-8-21-18)20(26)23-10-13-29-14-11-23/h4-7,18,21-22H,8-15H2,1H3. The molecule has 0 aromatic heterocycles. The van der Waals surface area contributed by atoms with E-state index in [-0.39, 0.29) is 24.1 Å². The van der Waals surface area contributed by atoms with Crippen LogP contribution in [0.25, 0.3) is 0 Å². The number of carbonyl (C=O) groups is 2. The smallest absolute Gasteiger partial charge is 0.344 e. The summed E-state index contributed by atoms with van der Waals surface area (Å²) in [7, 11) is -4.09. The van der Waals surface area contributed by atoms with Crippen molar-refractivity contribution in [1.29, 1.82) is 0 Å². The zero-order valence-electron chi connectivity index (χ0n) is 17.7. The summed E-state index contributed by atoms with van der Waals surface area (Å²) in [4.78, 5) is 34.8. The summed E-state index contributed by atoms with van der Waals surface area (Å²) in [6.45, 7) is 4.71. The van der Waals surface area contributed by atoms with Gasteiger partial charge in [-0.05, 0) is 36.1 Å². The number of morpholine rings is 1. The van der Waals surface area contributed by atoms with Crippen molar-refractivity contribution in [2.45, 2.75) is 17.9 Å². The average molecular weight is 467 g/mol. The number of rotatable bonds is 6. The van der Waals surface area contributed by atoms with E-state index in [1.54, 1.807) is 16.7 Å². The van der Waals surface area contributed by atoms with Crippen LogP contribution in [-0.4, -0.2) is 88.8 Å². The number of hydrogen-bond acceptors (Lipinski definition) is 8. The van der Waals surface area contributed by atoms with Gasteiger partial charge in [-0.15, -0.1) is 5.92 Å². The molecule has 11 nitrogen and oxygen atoms in total. The lowest BCUT2D eigenvalue weighted by molar-refractivity contribution is -0.150. The molecule has 1 aromatic carbocycles. The summed E-state index contributed by atoms with van der Waals surface area (Å²) in [5.41, 5.74) is 0. The molecule has 3 rings (SSSR count). The number of hydrogen-bond donors (Lipinski definition) is 2.